The van der Waals surface area contributed by atoms with Gasteiger partial charge >= 0.3 is 0 Å². The Morgan fingerprint density at radius 2 is 1.87 bits per heavy atom. The van der Waals surface area contributed by atoms with E-state index in [1.54, 1.807) is 25.3 Å². The van der Waals surface area contributed by atoms with E-state index in [0.29, 0.717) is 6.42 Å². The first-order valence-corrected chi connectivity index (χ1v) is 8.19. The lowest BCUT2D eigenvalue weighted by atomic mass is 9.81. The SMILES string of the molecule is COc1ccc(Br)cc1C1=CC(=O)C[C@H](c2ccc(F)cc2)C1. The lowest BCUT2D eigenvalue weighted by Gasteiger charge is -2.24. The Bertz CT molecular complexity index is 765. The zero-order valence-electron chi connectivity index (χ0n) is 12.7. The number of hydrogen-bond donors (Lipinski definition) is 0. The van der Waals surface area contributed by atoms with E-state index in [4.69, 9.17) is 4.74 Å². The largest absolute Gasteiger partial charge is 0.496 e. The van der Waals surface area contributed by atoms with Crippen LogP contribution in [-0.2, 0) is 4.79 Å². The average molecular weight is 375 g/mol. The quantitative estimate of drug-likeness (QED) is 0.744. The Hall–Kier alpha value is -1.94. The number of halogens is 2. The normalized spacial score (nSPS) is 17.8. The van der Waals surface area contributed by atoms with E-state index in [2.05, 4.69) is 15.9 Å². The molecule has 0 unspecified atom stereocenters. The van der Waals surface area contributed by atoms with Crippen LogP contribution in [0.4, 0.5) is 4.39 Å². The molecule has 0 radical (unpaired) electrons. The van der Waals surface area contributed by atoms with Crippen molar-refractivity contribution in [3.8, 4) is 5.75 Å². The molecule has 4 heteroatoms. The molecule has 0 amide bonds. The molecule has 0 saturated carbocycles. The Kier molecular flexibility index (Phi) is 4.62. The molecule has 2 aromatic carbocycles. The topological polar surface area (TPSA) is 26.3 Å². The number of ketones is 1. The molecule has 1 aliphatic rings. The van der Waals surface area contributed by atoms with Gasteiger partial charge in [0.2, 0.25) is 0 Å². The first-order valence-electron chi connectivity index (χ1n) is 7.39. The summed E-state index contributed by atoms with van der Waals surface area (Å²) in [5.74, 6) is 0.627. The highest BCUT2D eigenvalue weighted by molar-refractivity contribution is 9.10. The van der Waals surface area contributed by atoms with Crippen LogP contribution in [0.3, 0.4) is 0 Å². The maximum atomic E-state index is 13.1. The van der Waals surface area contributed by atoms with Crippen molar-refractivity contribution in [3.63, 3.8) is 0 Å². The van der Waals surface area contributed by atoms with Crippen LogP contribution in [0, 0.1) is 5.82 Å². The number of ether oxygens (including phenoxy) is 1. The van der Waals surface area contributed by atoms with Gasteiger partial charge in [0.15, 0.2) is 5.78 Å². The van der Waals surface area contributed by atoms with Gasteiger partial charge in [0.25, 0.3) is 0 Å². The smallest absolute Gasteiger partial charge is 0.156 e. The summed E-state index contributed by atoms with van der Waals surface area (Å²) in [5.41, 5.74) is 2.86. The van der Waals surface area contributed by atoms with Crippen LogP contribution in [0.5, 0.6) is 5.75 Å². The van der Waals surface area contributed by atoms with Crippen LogP contribution in [0.15, 0.2) is 53.0 Å². The molecule has 0 bridgehead atoms. The predicted molar refractivity (Wildman–Crippen MR) is 92.1 cm³/mol. The van der Waals surface area contributed by atoms with Gasteiger partial charge in [-0.05, 0) is 59.9 Å². The van der Waals surface area contributed by atoms with Gasteiger partial charge in [-0.15, -0.1) is 0 Å². The molecule has 118 valence electrons. The third-order valence-electron chi connectivity index (χ3n) is 4.10. The number of carbonyl (C=O) groups is 1. The molecule has 0 saturated heterocycles. The van der Waals surface area contributed by atoms with Gasteiger partial charge in [0.05, 0.1) is 7.11 Å². The van der Waals surface area contributed by atoms with Gasteiger partial charge in [-0.2, -0.15) is 0 Å². The Morgan fingerprint density at radius 3 is 2.57 bits per heavy atom. The lowest BCUT2D eigenvalue weighted by Crippen LogP contribution is -2.12. The van der Waals surface area contributed by atoms with Crippen LogP contribution in [0.1, 0.15) is 29.9 Å². The Balaban J connectivity index is 1.96. The van der Waals surface area contributed by atoms with Crippen LogP contribution >= 0.6 is 15.9 Å². The van der Waals surface area contributed by atoms with Crippen LogP contribution in [-0.4, -0.2) is 12.9 Å². The van der Waals surface area contributed by atoms with E-state index in [1.807, 2.05) is 18.2 Å². The molecule has 2 aromatic rings. The summed E-state index contributed by atoms with van der Waals surface area (Å²) < 4.78 is 19.5. The van der Waals surface area contributed by atoms with Gasteiger partial charge in [0, 0.05) is 16.5 Å². The zero-order chi connectivity index (χ0) is 16.4. The molecular weight excluding hydrogens is 359 g/mol. The third-order valence-corrected chi connectivity index (χ3v) is 4.59. The van der Waals surface area contributed by atoms with Crippen LogP contribution in [0.2, 0.25) is 0 Å². The minimum Gasteiger partial charge on any atom is -0.496 e. The van der Waals surface area contributed by atoms with Crippen molar-refractivity contribution in [2.75, 3.05) is 7.11 Å². The van der Waals surface area contributed by atoms with Crippen molar-refractivity contribution >= 4 is 27.3 Å². The van der Waals surface area contributed by atoms with E-state index in [0.717, 1.165) is 33.3 Å². The Labute approximate surface area is 143 Å². The van der Waals surface area contributed by atoms with Gasteiger partial charge in [-0.1, -0.05) is 28.1 Å². The monoisotopic (exact) mass is 374 g/mol. The van der Waals surface area contributed by atoms with Crippen molar-refractivity contribution in [1.29, 1.82) is 0 Å². The van der Waals surface area contributed by atoms with E-state index < -0.39 is 0 Å². The lowest BCUT2D eigenvalue weighted by molar-refractivity contribution is -0.115. The molecule has 3 rings (SSSR count). The van der Waals surface area contributed by atoms with Crippen LogP contribution in [0.25, 0.3) is 5.57 Å². The standard InChI is InChI=1S/C19H16BrFO2/c1-23-19-7-4-15(20)11-18(19)14-8-13(9-17(22)10-14)12-2-5-16(21)6-3-12/h2-7,10-11,13H,8-9H2,1H3/t13-/m1/s1. The molecule has 0 spiro atoms. The summed E-state index contributed by atoms with van der Waals surface area (Å²) in [5, 5.41) is 0. The number of benzene rings is 2. The van der Waals surface area contributed by atoms with Crippen molar-refractivity contribution in [2.24, 2.45) is 0 Å². The number of methoxy groups -OCH3 is 1. The second-order valence-corrected chi connectivity index (χ2v) is 6.55. The van der Waals surface area contributed by atoms with Crippen molar-refractivity contribution in [2.45, 2.75) is 18.8 Å². The molecule has 0 N–H and O–H groups in total. The van der Waals surface area contributed by atoms with Crippen LogP contribution < -0.4 is 4.74 Å². The second-order valence-electron chi connectivity index (χ2n) is 5.64. The maximum Gasteiger partial charge on any atom is 0.156 e. The summed E-state index contributed by atoms with van der Waals surface area (Å²) in [6.45, 7) is 0. The highest BCUT2D eigenvalue weighted by Gasteiger charge is 2.24. The maximum absolute atomic E-state index is 13.1. The van der Waals surface area contributed by atoms with Crippen molar-refractivity contribution in [3.05, 3.63) is 70.0 Å². The molecule has 1 atom stereocenters. The minimum absolute atomic E-state index is 0.0618. The molecule has 0 aliphatic heterocycles. The summed E-state index contributed by atoms with van der Waals surface area (Å²) in [6, 6.07) is 12.2. The summed E-state index contributed by atoms with van der Waals surface area (Å²) >= 11 is 3.47. The average Bonchev–Trinajstić information content (AvgIpc) is 2.55. The van der Waals surface area contributed by atoms with E-state index >= 15 is 0 Å². The highest BCUT2D eigenvalue weighted by atomic mass is 79.9. The van der Waals surface area contributed by atoms with Gasteiger partial charge in [0.1, 0.15) is 11.6 Å². The fourth-order valence-corrected chi connectivity index (χ4v) is 3.34. The molecule has 0 fully saturated rings. The molecular formula is C19H16BrFO2. The first kappa shape index (κ1) is 15.9. The van der Waals surface area contributed by atoms with Crippen molar-refractivity contribution < 1.29 is 13.9 Å². The summed E-state index contributed by atoms with van der Waals surface area (Å²) in [7, 11) is 1.62. The first-order chi connectivity index (χ1) is 11.1. The third kappa shape index (κ3) is 3.53. The fraction of sp³-hybridized carbons (Fsp3) is 0.211. The number of carbonyl (C=O) groups excluding carboxylic acids is 1. The molecule has 1 aliphatic carbocycles. The van der Waals surface area contributed by atoms with Gasteiger partial charge < -0.3 is 4.74 Å². The Morgan fingerprint density at radius 1 is 1.13 bits per heavy atom. The number of allylic oxidation sites excluding steroid dienone is 2. The van der Waals surface area contributed by atoms with Gasteiger partial charge in [-0.3, -0.25) is 4.79 Å². The molecule has 23 heavy (non-hydrogen) atoms. The second kappa shape index (κ2) is 6.67. The summed E-state index contributed by atoms with van der Waals surface area (Å²) in [4.78, 5) is 12.2. The number of hydrogen-bond acceptors (Lipinski definition) is 2. The highest BCUT2D eigenvalue weighted by Crippen LogP contribution is 2.39. The molecule has 0 heterocycles. The number of rotatable bonds is 3. The van der Waals surface area contributed by atoms with Crippen molar-refractivity contribution in [1.82, 2.24) is 0 Å². The van der Waals surface area contributed by atoms with E-state index in [9.17, 15) is 9.18 Å². The zero-order valence-corrected chi connectivity index (χ0v) is 14.3. The van der Waals surface area contributed by atoms with E-state index in [-0.39, 0.29) is 17.5 Å². The van der Waals surface area contributed by atoms with E-state index in [1.165, 1.54) is 12.1 Å². The molecule has 0 aromatic heterocycles. The summed E-state index contributed by atoms with van der Waals surface area (Å²) in [6.07, 6.45) is 2.87. The fourth-order valence-electron chi connectivity index (χ4n) is 2.98. The van der Waals surface area contributed by atoms with Gasteiger partial charge in [-0.25, -0.2) is 4.39 Å². The molecule has 2 nitrogen and oxygen atoms in total. The predicted octanol–water partition coefficient (Wildman–Crippen LogP) is 5.13. The minimum atomic E-state index is -0.264.